The van der Waals surface area contributed by atoms with E-state index >= 15 is 0 Å². The van der Waals surface area contributed by atoms with Crippen LogP contribution in [-0.4, -0.2) is 25.5 Å². The number of benzene rings is 1. The fourth-order valence-electron chi connectivity index (χ4n) is 1.59. The maximum Gasteiger partial charge on any atom is 0.321 e. The first-order valence-corrected chi connectivity index (χ1v) is 7.27. The minimum atomic E-state index is -4.19. The summed E-state index contributed by atoms with van der Waals surface area (Å²) in [5, 5.41) is 8.92. The zero-order chi connectivity index (χ0) is 14.6. The number of carbonyl (C=O) groups is 1. The molecule has 0 aliphatic heterocycles. The van der Waals surface area contributed by atoms with Crippen molar-refractivity contribution in [3.63, 3.8) is 0 Å². The zero-order valence-corrected chi connectivity index (χ0v) is 11.5. The number of halogens is 1. The summed E-state index contributed by atoms with van der Waals surface area (Å²) in [6.45, 7) is 3.36. The third kappa shape index (κ3) is 4.00. The molecule has 1 rings (SSSR count). The SMILES string of the molecule is CCC[C@H](NS(=O)(=O)c1cc(C)ccc1F)C(=O)O. The van der Waals surface area contributed by atoms with E-state index in [-0.39, 0.29) is 6.42 Å². The number of hydrogen-bond donors (Lipinski definition) is 2. The molecule has 0 unspecified atom stereocenters. The molecule has 0 fully saturated rings. The van der Waals surface area contributed by atoms with Gasteiger partial charge in [-0.2, -0.15) is 4.72 Å². The van der Waals surface area contributed by atoms with E-state index in [1.54, 1.807) is 13.8 Å². The molecule has 2 N–H and O–H groups in total. The smallest absolute Gasteiger partial charge is 0.321 e. The molecule has 0 aliphatic rings. The Labute approximate surface area is 111 Å². The Morgan fingerprint density at radius 3 is 2.63 bits per heavy atom. The molecular formula is C12H16FNO4S. The van der Waals surface area contributed by atoms with Crippen LogP contribution in [0.3, 0.4) is 0 Å². The Morgan fingerprint density at radius 2 is 2.11 bits per heavy atom. The van der Waals surface area contributed by atoms with Crippen LogP contribution >= 0.6 is 0 Å². The molecule has 0 aromatic heterocycles. The van der Waals surface area contributed by atoms with Crippen molar-refractivity contribution in [2.24, 2.45) is 0 Å². The van der Waals surface area contributed by atoms with Crippen molar-refractivity contribution in [1.82, 2.24) is 4.72 Å². The minimum Gasteiger partial charge on any atom is -0.480 e. The Kier molecular flexibility index (Phi) is 5.02. The highest BCUT2D eigenvalue weighted by atomic mass is 32.2. The van der Waals surface area contributed by atoms with E-state index in [0.29, 0.717) is 12.0 Å². The minimum absolute atomic E-state index is 0.141. The molecule has 0 amide bonds. The summed E-state index contributed by atoms with van der Waals surface area (Å²) in [4.78, 5) is 10.4. The van der Waals surface area contributed by atoms with E-state index in [0.717, 1.165) is 6.07 Å². The Hall–Kier alpha value is -1.47. The molecule has 0 saturated heterocycles. The van der Waals surface area contributed by atoms with Crippen molar-refractivity contribution < 1.29 is 22.7 Å². The second-order valence-electron chi connectivity index (χ2n) is 4.23. The number of aryl methyl sites for hydroxylation is 1. The maximum atomic E-state index is 13.5. The van der Waals surface area contributed by atoms with E-state index in [2.05, 4.69) is 0 Å². The molecule has 1 aromatic carbocycles. The van der Waals surface area contributed by atoms with Crippen LogP contribution in [0.1, 0.15) is 25.3 Å². The third-order valence-electron chi connectivity index (χ3n) is 2.55. The summed E-state index contributed by atoms with van der Waals surface area (Å²) in [7, 11) is -4.19. The largest absolute Gasteiger partial charge is 0.480 e. The van der Waals surface area contributed by atoms with Gasteiger partial charge in [-0.25, -0.2) is 12.8 Å². The summed E-state index contributed by atoms with van der Waals surface area (Å²) in [5.74, 6) is -2.18. The topological polar surface area (TPSA) is 83.5 Å². The van der Waals surface area contributed by atoms with Crippen molar-refractivity contribution in [3.05, 3.63) is 29.6 Å². The average molecular weight is 289 g/mol. The molecule has 0 spiro atoms. The van der Waals surface area contributed by atoms with Crippen LogP contribution < -0.4 is 4.72 Å². The Balaban J connectivity index is 3.10. The predicted molar refractivity (Wildman–Crippen MR) is 67.8 cm³/mol. The molecule has 106 valence electrons. The highest BCUT2D eigenvalue weighted by molar-refractivity contribution is 7.89. The van der Waals surface area contributed by atoms with Gasteiger partial charge in [0.1, 0.15) is 16.8 Å². The van der Waals surface area contributed by atoms with Crippen LogP contribution in [0.5, 0.6) is 0 Å². The van der Waals surface area contributed by atoms with Crippen LogP contribution in [-0.2, 0) is 14.8 Å². The molecule has 1 atom stereocenters. The molecule has 0 bridgehead atoms. The third-order valence-corrected chi connectivity index (χ3v) is 4.04. The van der Waals surface area contributed by atoms with Crippen LogP contribution in [0, 0.1) is 12.7 Å². The lowest BCUT2D eigenvalue weighted by Crippen LogP contribution is -2.40. The van der Waals surface area contributed by atoms with E-state index in [9.17, 15) is 17.6 Å². The van der Waals surface area contributed by atoms with Crippen molar-refractivity contribution in [2.45, 2.75) is 37.6 Å². The van der Waals surface area contributed by atoms with Crippen LogP contribution in [0.2, 0.25) is 0 Å². The van der Waals surface area contributed by atoms with Gasteiger partial charge in [0, 0.05) is 0 Å². The first-order valence-electron chi connectivity index (χ1n) is 5.79. The highest BCUT2D eigenvalue weighted by Crippen LogP contribution is 2.17. The average Bonchev–Trinajstić information content (AvgIpc) is 2.31. The van der Waals surface area contributed by atoms with E-state index in [1.807, 2.05) is 4.72 Å². The molecule has 0 saturated carbocycles. The fraction of sp³-hybridized carbons (Fsp3) is 0.417. The van der Waals surface area contributed by atoms with Gasteiger partial charge >= 0.3 is 5.97 Å². The predicted octanol–water partition coefficient (Wildman–Crippen LogP) is 1.67. The molecule has 19 heavy (non-hydrogen) atoms. The number of aliphatic carboxylic acids is 1. The second-order valence-corrected chi connectivity index (χ2v) is 5.92. The van der Waals surface area contributed by atoms with Crippen LogP contribution in [0.4, 0.5) is 4.39 Å². The van der Waals surface area contributed by atoms with Crippen molar-refractivity contribution in [1.29, 1.82) is 0 Å². The zero-order valence-electron chi connectivity index (χ0n) is 10.7. The quantitative estimate of drug-likeness (QED) is 0.834. The lowest BCUT2D eigenvalue weighted by Gasteiger charge is -2.14. The molecule has 5 nitrogen and oxygen atoms in total. The Bertz CT molecular complexity index is 571. The summed E-state index contributed by atoms with van der Waals surface area (Å²) in [6.07, 6.45) is 0.637. The number of sulfonamides is 1. The monoisotopic (exact) mass is 289 g/mol. The van der Waals surface area contributed by atoms with Crippen LogP contribution in [0.25, 0.3) is 0 Å². The molecule has 0 radical (unpaired) electrons. The normalized spacial score (nSPS) is 13.2. The molecule has 1 aromatic rings. The Morgan fingerprint density at radius 1 is 1.47 bits per heavy atom. The second kappa shape index (κ2) is 6.12. The summed E-state index contributed by atoms with van der Waals surface area (Å²) >= 11 is 0. The van der Waals surface area contributed by atoms with Gasteiger partial charge < -0.3 is 5.11 Å². The summed E-state index contributed by atoms with van der Waals surface area (Å²) in [5.41, 5.74) is 0.573. The van der Waals surface area contributed by atoms with Gasteiger partial charge in [0.05, 0.1) is 0 Å². The van der Waals surface area contributed by atoms with Gasteiger partial charge in [-0.1, -0.05) is 19.4 Å². The van der Waals surface area contributed by atoms with Crippen molar-refractivity contribution >= 4 is 16.0 Å². The lowest BCUT2D eigenvalue weighted by molar-refractivity contribution is -0.139. The lowest BCUT2D eigenvalue weighted by atomic mass is 10.2. The fourth-order valence-corrected chi connectivity index (χ4v) is 2.97. The van der Waals surface area contributed by atoms with Crippen molar-refractivity contribution in [2.75, 3.05) is 0 Å². The first kappa shape index (κ1) is 15.6. The van der Waals surface area contributed by atoms with Crippen LogP contribution in [0.15, 0.2) is 23.1 Å². The first-order chi connectivity index (χ1) is 8.77. The van der Waals surface area contributed by atoms with Crippen molar-refractivity contribution in [3.8, 4) is 0 Å². The van der Waals surface area contributed by atoms with Gasteiger partial charge in [0.2, 0.25) is 10.0 Å². The molecule has 7 heteroatoms. The number of carboxylic acid groups (broad SMARTS) is 1. The summed E-state index contributed by atoms with van der Waals surface area (Å²) in [6, 6.07) is 2.40. The van der Waals surface area contributed by atoms with Gasteiger partial charge in [-0.15, -0.1) is 0 Å². The maximum absolute atomic E-state index is 13.5. The highest BCUT2D eigenvalue weighted by Gasteiger charge is 2.26. The molecule has 0 aliphatic carbocycles. The van der Waals surface area contributed by atoms with Gasteiger partial charge in [0.15, 0.2) is 0 Å². The molecule has 0 heterocycles. The van der Waals surface area contributed by atoms with E-state index in [1.165, 1.54) is 12.1 Å². The van der Waals surface area contributed by atoms with Gasteiger partial charge in [-0.3, -0.25) is 4.79 Å². The van der Waals surface area contributed by atoms with E-state index < -0.39 is 32.7 Å². The van der Waals surface area contributed by atoms with Gasteiger partial charge in [0.25, 0.3) is 0 Å². The standard InChI is InChI=1S/C12H16FNO4S/c1-3-4-10(12(15)16)14-19(17,18)11-7-8(2)5-6-9(11)13/h5-7,10,14H,3-4H2,1-2H3,(H,15,16)/t10-/m0/s1. The number of nitrogens with one attached hydrogen (secondary N) is 1. The number of carboxylic acids is 1. The summed E-state index contributed by atoms with van der Waals surface area (Å²) < 4.78 is 39.5. The van der Waals surface area contributed by atoms with Gasteiger partial charge in [-0.05, 0) is 31.0 Å². The van der Waals surface area contributed by atoms with E-state index in [4.69, 9.17) is 5.11 Å². The molecular weight excluding hydrogens is 273 g/mol. The number of hydrogen-bond acceptors (Lipinski definition) is 3. The number of rotatable bonds is 6.